The van der Waals surface area contributed by atoms with E-state index in [1.54, 1.807) is 38.3 Å². The minimum Gasteiger partial charge on any atom is -0.493 e. The number of amides is 2. The van der Waals surface area contributed by atoms with Gasteiger partial charge in [-0.05, 0) is 56.3 Å². The summed E-state index contributed by atoms with van der Waals surface area (Å²) in [5.41, 5.74) is 4.98. The van der Waals surface area contributed by atoms with Crippen LogP contribution in [0.15, 0.2) is 42.7 Å². The van der Waals surface area contributed by atoms with E-state index in [0.717, 1.165) is 41.0 Å². The first-order chi connectivity index (χ1) is 18.3. The van der Waals surface area contributed by atoms with Crippen LogP contribution in [0.25, 0.3) is 11.1 Å². The Morgan fingerprint density at radius 3 is 2.55 bits per heavy atom. The summed E-state index contributed by atoms with van der Waals surface area (Å²) < 4.78 is 12.8. The molecule has 38 heavy (non-hydrogen) atoms. The highest BCUT2D eigenvalue weighted by molar-refractivity contribution is 5.97. The monoisotopic (exact) mass is 520 g/mol. The molecule has 1 fully saturated rings. The van der Waals surface area contributed by atoms with Crippen molar-refractivity contribution in [2.45, 2.75) is 32.5 Å². The standard InChI is InChI=1S/C28H36N6O4/c1-17-7-8-22(33-14-21(15-33)29-3)11-23(17)28(36)32-18(2)19-9-24(27(38-6)25(10-19)37-5)20-12-31-34(13-20)16-26(35)30-4/h7-13,18,21,29H,14-16H2,1-6H3,(H,30,35)(H,32,36)/t18-/m1/s1. The fraction of sp³-hybridized carbons (Fsp3) is 0.393. The summed E-state index contributed by atoms with van der Waals surface area (Å²) in [5.74, 6) is 0.796. The lowest BCUT2D eigenvalue weighted by molar-refractivity contribution is -0.121. The van der Waals surface area contributed by atoms with Crippen LogP contribution in [0.2, 0.25) is 0 Å². The van der Waals surface area contributed by atoms with E-state index in [1.807, 2.05) is 45.2 Å². The summed E-state index contributed by atoms with van der Waals surface area (Å²) >= 11 is 0. The summed E-state index contributed by atoms with van der Waals surface area (Å²) in [6, 6.07) is 9.99. The van der Waals surface area contributed by atoms with Crippen molar-refractivity contribution in [3.63, 3.8) is 0 Å². The highest BCUT2D eigenvalue weighted by Gasteiger charge is 2.26. The number of ether oxygens (including phenoxy) is 2. The quantitative estimate of drug-likeness (QED) is 0.377. The summed E-state index contributed by atoms with van der Waals surface area (Å²) in [4.78, 5) is 27.4. The number of aromatic nitrogens is 2. The smallest absolute Gasteiger partial charge is 0.252 e. The molecule has 0 radical (unpaired) electrons. The molecule has 1 atom stereocenters. The number of anilines is 1. The van der Waals surface area contributed by atoms with Gasteiger partial charge in [0.2, 0.25) is 5.91 Å². The molecule has 1 aliphatic heterocycles. The van der Waals surface area contributed by atoms with E-state index in [4.69, 9.17) is 9.47 Å². The molecular formula is C28H36N6O4. The van der Waals surface area contributed by atoms with E-state index in [9.17, 15) is 9.59 Å². The normalized spacial score (nSPS) is 14.0. The van der Waals surface area contributed by atoms with Gasteiger partial charge in [0.15, 0.2) is 11.5 Å². The van der Waals surface area contributed by atoms with Crippen LogP contribution in [0.4, 0.5) is 5.69 Å². The van der Waals surface area contributed by atoms with Crippen molar-refractivity contribution < 1.29 is 19.1 Å². The second kappa shape index (κ2) is 11.6. The Labute approximate surface area is 223 Å². The van der Waals surface area contributed by atoms with E-state index in [0.29, 0.717) is 23.1 Å². The van der Waals surface area contributed by atoms with E-state index in [2.05, 4.69) is 32.0 Å². The van der Waals surface area contributed by atoms with Crippen LogP contribution >= 0.6 is 0 Å². The number of carbonyl (C=O) groups excluding carboxylic acids is 2. The first-order valence-corrected chi connectivity index (χ1v) is 12.6. The fourth-order valence-corrected chi connectivity index (χ4v) is 4.55. The number of methoxy groups -OCH3 is 2. The summed E-state index contributed by atoms with van der Waals surface area (Å²) in [6.07, 6.45) is 3.46. The molecule has 3 N–H and O–H groups in total. The van der Waals surface area contributed by atoms with Crippen LogP contribution in [0.3, 0.4) is 0 Å². The molecule has 1 aliphatic rings. The lowest BCUT2D eigenvalue weighted by Crippen LogP contribution is -2.57. The number of nitrogens with zero attached hydrogens (tertiary/aromatic N) is 3. The molecule has 3 aromatic rings. The molecule has 2 aromatic carbocycles. The number of hydrogen-bond donors (Lipinski definition) is 3. The maximum Gasteiger partial charge on any atom is 0.252 e. The van der Waals surface area contributed by atoms with Gasteiger partial charge in [-0.25, -0.2) is 0 Å². The Balaban J connectivity index is 1.59. The molecule has 1 aromatic heterocycles. The fourth-order valence-electron chi connectivity index (χ4n) is 4.55. The number of rotatable bonds is 10. The molecule has 0 spiro atoms. The Bertz CT molecular complexity index is 1310. The van der Waals surface area contributed by atoms with E-state index < -0.39 is 0 Å². The molecule has 0 aliphatic carbocycles. The van der Waals surface area contributed by atoms with Crippen molar-refractivity contribution in [3.8, 4) is 22.6 Å². The molecule has 10 heteroatoms. The van der Waals surface area contributed by atoms with Crippen molar-refractivity contribution in [3.05, 3.63) is 59.4 Å². The third kappa shape index (κ3) is 5.60. The first kappa shape index (κ1) is 27.0. The molecule has 202 valence electrons. The summed E-state index contributed by atoms with van der Waals surface area (Å²) in [5, 5.41) is 13.3. The van der Waals surface area contributed by atoms with Gasteiger partial charge in [-0.3, -0.25) is 14.3 Å². The molecule has 4 rings (SSSR count). The zero-order valence-electron chi connectivity index (χ0n) is 22.8. The Kier molecular flexibility index (Phi) is 8.21. The molecule has 0 saturated carbocycles. The van der Waals surface area contributed by atoms with Crippen molar-refractivity contribution in [2.24, 2.45) is 0 Å². The molecule has 0 bridgehead atoms. The van der Waals surface area contributed by atoms with E-state index in [-0.39, 0.29) is 24.4 Å². The average Bonchev–Trinajstić information content (AvgIpc) is 3.35. The molecule has 2 amide bonds. The zero-order chi connectivity index (χ0) is 27.4. The molecule has 2 heterocycles. The maximum absolute atomic E-state index is 13.4. The number of carbonyl (C=O) groups is 2. The van der Waals surface area contributed by atoms with Gasteiger partial charge in [0.1, 0.15) is 6.54 Å². The lowest BCUT2D eigenvalue weighted by Gasteiger charge is -2.41. The average molecular weight is 521 g/mol. The minimum absolute atomic E-state index is 0.105. The van der Waals surface area contributed by atoms with Gasteiger partial charge < -0.3 is 30.3 Å². The summed E-state index contributed by atoms with van der Waals surface area (Å²) in [6.45, 7) is 5.83. The van der Waals surface area contributed by atoms with Crippen LogP contribution in [-0.4, -0.2) is 69.0 Å². The van der Waals surface area contributed by atoms with E-state index >= 15 is 0 Å². The van der Waals surface area contributed by atoms with Gasteiger partial charge in [0.05, 0.1) is 26.5 Å². The van der Waals surface area contributed by atoms with Gasteiger partial charge in [-0.1, -0.05) is 6.07 Å². The minimum atomic E-state index is -0.317. The van der Waals surface area contributed by atoms with Crippen molar-refractivity contribution in [2.75, 3.05) is 46.3 Å². The third-order valence-corrected chi connectivity index (χ3v) is 7.00. The summed E-state index contributed by atoms with van der Waals surface area (Å²) in [7, 11) is 6.70. The Morgan fingerprint density at radius 2 is 1.89 bits per heavy atom. The number of likely N-dealkylation sites (N-methyl/N-ethyl adjacent to an activating group) is 2. The molecular weight excluding hydrogens is 484 g/mol. The number of hydrogen-bond acceptors (Lipinski definition) is 7. The molecule has 0 unspecified atom stereocenters. The van der Waals surface area contributed by atoms with Crippen LogP contribution in [0.1, 0.15) is 34.5 Å². The highest BCUT2D eigenvalue weighted by Crippen LogP contribution is 2.40. The van der Waals surface area contributed by atoms with Gasteiger partial charge in [0, 0.05) is 54.8 Å². The lowest BCUT2D eigenvalue weighted by atomic mass is 9.99. The predicted molar refractivity (Wildman–Crippen MR) is 147 cm³/mol. The first-order valence-electron chi connectivity index (χ1n) is 12.6. The second-order valence-corrected chi connectivity index (χ2v) is 9.49. The topological polar surface area (TPSA) is 110 Å². The second-order valence-electron chi connectivity index (χ2n) is 9.49. The Morgan fingerprint density at radius 1 is 1.13 bits per heavy atom. The third-order valence-electron chi connectivity index (χ3n) is 7.00. The van der Waals surface area contributed by atoms with Crippen molar-refractivity contribution in [1.29, 1.82) is 0 Å². The molecule has 10 nitrogen and oxygen atoms in total. The van der Waals surface area contributed by atoms with Crippen LogP contribution in [-0.2, 0) is 11.3 Å². The van der Waals surface area contributed by atoms with Gasteiger partial charge in [-0.15, -0.1) is 0 Å². The number of benzene rings is 2. The number of nitrogens with one attached hydrogen (secondary N) is 3. The largest absolute Gasteiger partial charge is 0.493 e. The van der Waals surface area contributed by atoms with E-state index in [1.165, 1.54) is 0 Å². The van der Waals surface area contributed by atoms with Crippen LogP contribution < -0.4 is 30.3 Å². The highest BCUT2D eigenvalue weighted by atomic mass is 16.5. The van der Waals surface area contributed by atoms with Crippen molar-refractivity contribution in [1.82, 2.24) is 25.7 Å². The number of aryl methyl sites for hydroxylation is 1. The maximum atomic E-state index is 13.4. The van der Waals surface area contributed by atoms with Crippen LogP contribution in [0, 0.1) is 6.92 Å². The van der Waals surface area contributed by atoms with Gasteiger partial charge >= 0.3 is 0 Å². The van der Waals surface area contributed by atoms with Gasteiger partial charge in [0.25, 0.3) is 5.91 Å². The Hall–Kier alpha value is -4.05. The predicted octanol–water partition coefficient (Wildman–Crippen LogP) is 2.52. The zero-order valence-corrected chi connectivity index (χ0v) is 22.8. The molecule has 1 saturated heterocycles. The SMILES string of the molecule is CNC(=O)Cn1cc(-c2cc([C@@H](C)NC(=O)c3cc(N4CC(NC)C4)ccc3C)cc(OC)c2OC)cn1. The van der Waals surface area contributed by atoms with Crippen molar-refractivity contribution >= 4 is 17.5 Å². The van der Waals surface area contributed by atoms with Crippen LogP contribution in [0.5, 0.6) is 11.5 Å². The van der Waals surface area contributed by atoms with Gasteiger partial charge in [-0.2, -0.15) is 5.10 Å².